The number of hydrogen-bond acceptors (Lipinski definition) is 4. The largest absolute Gasteiger partial charge is 0.481 e. The monoisotopic (exact) mass is 463 g/mol. The molecule has 0 aliphatic heterocycles. The number of hydrogen-bond donors (Lipinski definition) is 2. The molecule has 0 aromatic heterocycles. The SMILES string of the molecule is CCCCCC=CCC=CCC=CCC=CCCCC(CCC(=O)O)(CCC(=O)O)[N+](=O)[O-]. The summed E-state index contributed by atoms with van der Waals surface area (Å²) in [5.41, 5.74) is -1.50. The summed E-state index contributed by atoms with van der Waals surface area (Å²) >= 11 is 0. The van der Waals surface area contributed by atoms with Gasteiger partial charge in [-0.3, -0.25) is 19.7 Å². The van der Waals surface area contributed by atoms with Crippen LogP contribution in [0.2, 0.25) is 0 Å². The van der Waals surface area contributed by atoms with Crippen molar-refractivity contribution in [1.29, 1.82) is 0 Å². The van der Waals surface area contributed by atoms with Crippen molar-refractivity contribution in [1.82, 2.24) is 0 Å². The molecule has 0 heterocycles. The van der Waals surface area contributed by atoms with E-state index in [0.717, 1.165) is 25.7 Å². The molecule has 0 fully saturated rings. The standard InChI is InChI=1S/C26H41NO6/c1-2-3-4-5-6-7-8-9-10-11-12-13-14-15-16-17-18-21-26(27(32)33,22-19-24(28)29)23-20-25(30)31/h6-7,9-10,12-13,15-16H,2-5,8,11,14,17-23H2,1H3,(H,28,29)(H,30,31). The number of carboxylic acids is 2. The lowest BCUT2D eigenvalue weighted by Gasteiger charge is -2.24. The molecule has 0 unspecified atom stereocenters. The highest BCUT2D eigenvalue weighted by Gasteiger charge is 2.42. The molecule has 0 radical (unpaired) electrons. The summed E-state index contributed by atoms with van der Waals surface area (Å²) in [6.07, 6.45) is 24.8. The third-order valence-electron chi connectivity index (χ3n) is 5.47. The van der Waals surface area contributed by atoms with Crippen LogP contribution >= 0.6 is 0 Å². The van der Waals surface area contributed by atoms with Gasteiger partial charge in [0.15, 0.2) is 0 Å². The van der Waals surface area contributed by atoms with E-state index in [2.05, 4.69) is 43.4 Å². The molecule has 0 saturated heterocycles. The van der Waals surface area contributed by atoms with Crippen LogP contribution in [0.1, 0.15) is 96.8 Å². The Labute approximate surface area is 198 Å². The first-order chi connectivity index (χ1) is 15.8. The third kappa shape index (κ3) is 17.5. The highest BCUT2D eigenvalue weighted by Crippen LogP contribution is 2.30. The van der Waals surface area contributed by atoms with Crippen molar-refractivity contribution in [3.8, 4) is 0 Å². The Hall–Kier alpha value is -2.70. The molecule has 2 N–H and O–H groups in total. The number of aliphatic carboxylic acids is 2. The van der Waals surface area contributed by atoms with Crippen molar-refractivity contribution in [3.05, 3.63) is 58.7 Å². The molecule has 7 nitrogen and oxygen atoms in total. The van der Waals surface area contributed by atoms with Crippen LogP contribution in [0, 0.1) is 10.1 Å². The van der Waals surface area contributed by atoms with Crippen molar-refractivity contribution < 1.29 is 24.7 Å². The highest BCUT2D eigenvalue weighted by atomic mass is 16.6. The van der Waals surface area contributed by atoms with Gasteiger partial charge >= 0.3 is 11.9 Å². The maximum atomic E-state index is 11.6. The van der Waals surface area contributed by atoms with E-state index in [1.54, 1.807) is 0 Å². The summed E-state index contributed by atoms with van der Waals surface area (Å²) in [6.45, 7) is 2.21. The van der Waals surface area contributed by atoms with Gasteiger partial charge in [0.05, 0.1) is 12.8 Å². The van der Waals surface area contributed by atoms with Gasteiger partial charge in [0.1, 0.15) is 0 Å². The molecule has 0 saturated carbocycles. The summed E-state index contributed by atoms with van der Waals surface area (Å²) in [7, 11) is 0. The van der Waals surface area contributed by atoms with Crippen molar-refractivity contribution in [3.63, 3.8) is 0 Å². The van der Waals surface area contributed by atoms with Crippen LogP contribution in [0.3, 0.4) is 0 Å². The average Bonchev–Trinajstić information content (AvgIpc) is 2.76. The molecule has 0 aliphatic carbocycles. The van der Waals surface area contributed by atoms with Gasteiger partial charge < -0.3 is 10.2 Å². The third-order valence-corrected chi connectivity index (χ3v) is 5.47. The zero-order valence-electron chi connectivity index (χ0n) is 20.0. The first kappa shape index (κ1) is 30.3. The average molecular weight is 464 g/mol. The predicted molar refractivity (Wildman–Crippen MR) is 132 cm³/mol. The van der Waals surface area contributed by atoms with Gasteiger partial charge in [-0.15, -0.1) is 0 Å². The summed E-state index contributed by atoms with van der Waals surface area (Å²) in [4.78, 5) is 32.9. The molecule has 0 amide bonds. The first-order valence-electron chi connectivity index (χ1n) is 12.0. The smallest absolute Gasteiger partial charge is 0.303 e. The summed E-state index contributed by atoms with van der Waals surface area (Å²) in [5, 5.41) is 29.4. The van der Waals surface area contributed by atoms with E-state index in [0.29, 0.717) is 12.8 Å². The Balaban J connectivity index is 4.23. The first-order valence-corrected chi connectivity index (χ1v) is 12.0. The molecule has 0 spiro atoms. The van der Waals surface area contributed by atoms with Crippen LogP contribution in [0.25, 0.3) is 0 Å². The second-order valence-corrected chi connectivity index (χ2v) is 8.25. The van der Waals surface area contributed by atoms with E-state index in [1.165, 1.54) is 19.3 Å². The fourth-order valence-corrected chi connectivity index (χ4v) is 3.44. The van der Waals surface area contributed by atoms with Crippen LogP contribution < -0.4 is 0 Å². The highest BCUT2D eigenvalue weighted by molar-refractivity contribution is 5.67. The Bertz CT molecular complexity index is 660. The molecule has 0 aromatic carbocycles. The molecule has 0 aliphatic rings. The number of carboxylic acid groups (broad SMARTS) is 2. The quantitative estimate of drug-likeness (QED) is 0.0829. The Morgan fingerprint density at radius 1 is 0.727 bits per heavy atom. The molecule has 0 bridgehead atoms. The molecule has 0 aromatic rings. The molecule has 33 heavy (non-hydrogen) atoms. The second-order valence-electron chi connectivity index (χ2n) is 8.25. The number of nitrogens with zero attached hydrogens (tertiary/aromatic N) is 1. The van der Waals surface area contributed by atoms with Crippen molar-refractivity contribution in [2.24, 2.45) is 0 Å². The predicted octanol–water partition coefficient (Wildman–Crippen LogP) is 6.88. The Morgan fingerprint density at radius 3 is 1.55 bits per heavy atom. The van der Waals surface area contributed by atoms with Crippen LogP contribution in [-0.4, -0.2) is 32.6 Å². The number of nitro groups is 1. The van der Waals surface area contributed by atoms with E-state index in [1.807, 2.05) is 12.2 Å². The Morgan fingerprint density at radius 2 is 1.15 bits per heavy atom. The van der Waals surface area contributed by atoms with E-state index in [-0.39, 0.29) is 32.1 Å². The van der Waals surface area contributed by atoms with Gasteiger partial charge in [-0.1, -0.05) is 68.4 Å². The molecular weight excluding hydrogens is 422 g/mol. The van der Waals surface area contributed by atoms with Crippen molar-refractivity contribution in [2.75, 3.05) is 0 Å². The number of allylic oxidation sites excluding steroid dienone is 8. The Kier molecular flexibility index (Phi) is 18.3. The van der Waals surface area contributed by atoms with Gasteiger partial charge in [-0.05, 0) is 44.9 Å². The zero-order chi connectivity index (χ0) is 24.8. The number of rotatable bonds is 21. The van der Waals surface area contributed by atoms with Crippen molar-refractivity contribution >= 4 is 11.9 Å². The summed E-state index contributed by atoms with van der Waals surface area (Å²) in [5.74, 6) is -2.23. The van der Waals surface area contributed by atoms with E-state index in [9.17, 15) is 19.7 Å². The van der Waals surface area contributed by atoms with Gasteiger partial charge in [0.25, 0.3) is 0 Å². The molecular formula is C26H41NO6. The summed E-state index contributed by atoms with van der Waals surface area (Å²) < 4.78 is 0. The van der Waals surface area contributed by atoms with Crippen LogP contribution in [0.5, 0.6) is 0 Å². The maximum absolute atomic E-state index is 11.6. The lowest BCUT2D eigenvalue weighted by Crippen LogP contribution is -2.39. The van der Waals surface area contributed by atoms with Gasteiger partial charge in [0, 0.05) is 24.2 Å². The molecule has 0 atom stereocenters. The lowest BCUT2D eigenvalue weighted by atomic mass is 9.84. The second kappa shape index (κ2) is 19.9. The van der Waals surface area contributed by atoms with Gasteiger partial charge in [0.2, 0.25) is 5.54 Å². The molecule has 7 heteroatoms. The summed E-state index contributed by atoms with van der Waals surface area (Å²) in [6, 6.07) is 0. The minimum absolute atomic E-state index is 0.156. The van der Waals surface area contributed by atoms with Crippen LogP contribution in [-0.2, 0) is 9.59 Å². The van der Waals surface area contributed by atoms with Gasteiger partial charge in [-0.25, -0.2) is 0 Å². The van der Waals surface area contributed by atoms with E-state index < -0.39 is 22.4 Å². The maximum Gasteiger partial charge on any atom is 0.303 e. The minimum atomic E-state index is -1.50. The molecule has 186 valence electrons. The van der Waals surface area contributed by atoms with E-state index in [4.69, 9.17) is 10.2 Å². The number of unbranched alkanes of at least 4 members (excludes halogenated alkanes) is 4. The fourth-order valence-electron chi connectivity index (χ4n) is 3.44. The van der Waals surface area contributed by atoms with Gasteiger partial charge in [-0.2, -0.15) is 0 Å². The normalized spacial score (nSPS) is 12.5. The van der Waals surface area contributed by atoms with Crippen LogP contribution in [0.4, 0.5) is 0 Å². The number of carbonyl (C=O) groups is 2. The van der Waals surface area contributed by atoms with E-state index >= 15 is 0 Å². The molecule has 0 rings (SSSR count). The van der Waals surface area contributed by atoms with Crippen molar-refractivity contribution in [2.45, 2.75) is 102 Å². The van der Waals surface area contributed by atoms with Crippen LogP contribution in [0.15, 0.2) is 48.6 Å². The topological polar surface area (TPSA) is 118 Å². The minimum Gasteiger partial charge on any atom is -0.481 e. The zero-order valence-corrected chi connectivity index (χ0v) is 20.0. The fraction of sp³-hybridized carbons (Fsp3) is 0.615. The lowest BCUT2D eigenvalue weighted by molar-refractivity contribution is -0.574.